The number of aromatic nitrogens is 2. The van der Waals surface area contributed by atoms with Gasteiger partial charge in [0.1, 0.15) is 18.4 Å². The second-order valence-corrected chi connectivity index (χ2v) is 12.0. The van der Waals surface area contributed by atoms with E-state index in [1.807, 2.05) is 0 Å². The molecule has 2 saturated heterocycles. The summed E-state index contributed by atoms with van der Waals surface area (Å²) in [5.41, 5.74) is -1.19. The van der Waals surface area contributed by atoms with E-state index in [-0.39, 0.29) is 12.0 Å². The Balaban J connectivity index is 1.60. The lowest BCUT2D eigenvalue weighted by Crippen LogP contribution is -2.62. The van der Waals surface area contributed by atoms with E-state index in [2.05, 4.69) is 13.8 Å². The Kier molecular flexibility index (Phi) is 9.35. The van der Waals surface area contributed by atoms with Crippen LogP contribution in [0.1, 0.15) is 25.1 Å². The summed E-state index contributed by atoms with van der Waals surface area (Å²) in [6.45, 7) is 2.09. The number of aliphatic hydroxyl groups excluding tert-OH is 3. The molecule has 6 unspecified atom stereocenters. The van der Waals surface area contributed by atoms with Gasteiger partial charge >= 0.3 is 21.3 Å². The molecule has 2 fully saturated rings. The number of aliphatic hydroxyl groups is 3. The van der Waals surface area contributed by atoms with E-state index in [4.69, 9.17) is 14.0 Å². The number of ether oxygens (including phenoxy) is 2. The van der Waals surface area contributed by atoms with Crippen molar-refractivity contribution in [2.24, 2.45) is 0 Å². The monoisotopic (exact) mass is 575 g/mol. The average Bonchev–Trinajstić information content (AvgIpc) is 3.12. The first-order chi connectivity index (χ1) is 17.0. The Labute approximate surface area is 210 Å². The smallest absolute Gasteiger partial charge is 0.390 e. The molecule has 19 heteroatoms. The fourth-order valence-corrected chi connectivity index (χ4v) is 6.18. The lowest BCUT2D eigenvalue weighted by atomic mass is 9.96. The quantitative estimate of drug-likeness (QED) is 0.177. The van der Waals surface area contributed by atoms with Crippen LogP contribution in [0.5, 0.6) is 0 Å². The first kappa shape index (κ1) is 30.2. The fraction of sp³-hybridized carbons (Fsp3) is 0.778. The lowest BCUT2D eigenvalue weighted by Gasteiger charge is -2.44. The predicted molar refractivity (Wildman–Crippen MR) is 122 cm³/mol. The molecule has 3 heterocycles. The number of likely N-dealkylation sites (N-methyl/N-ethyl adjacent to an activating group) is 1. The zero-order chi connectivity index (χ0) is 27.9. The third-order valence-electron chi connectivity index (χ3n) is 5.91. The first-order valence-electron chi connectivity index (χ1n) is 11.0. The molecule has 2 aliphatic heterocycles. The van der Waals surface area contributed by atoms with Crippen LogP contribution < -0.4 is 11.2 Å². The van der Waals surface area contributed by atoms with E-state index >= 15 is 0 Å². The number of H-pyrrole nitrogens is 1. The number of aromatic amines is 1. The Morgan fingerprint density at radius 1 is 1.14 bits per heavy atom. The highest BCUT2D eigenvalue weighted by Crippen LogP contribution is 2.61. The maximum atomic E-state index is 12.4. The largest absolute Gasteiger partial charge is 0.483 e. The Bertz CT molecular complexity index is 1170. The molecule has 0 amide bonds. The van der Waals surface area contributed by atoms with Crippen molar-refractivity contribution < 1.29 is 57.1 Å². The molecule has 0 saturated carbocycles. The molecule has 37 heavy (non-hydrogen) atoms. The maximum absolute atomic E-state index is 12.4. The van der Waals surface area contributed by atoms with Crippen molar-refractivity contribution in [3.05, 3.63) is 32.6 Å². The van der Waals surface area contributed by atoms with Crippen LogP contribution in [0.15, 0.2) is 15.8 Å². The van der Waals surface area contributed by atoms with Crippen molar-refractivity contribution in [1.29, 1.82) is 0 Å². The van der Waals surface area contributed by atoms with Gasteiger partial charge in [0.05, 0.1) is 31.0 Å². The van der Waals surface area contributed by atoms with E-state index < -0.39 is 82.6 Å². The van der Waals surface area contributed by atoms with Gasteiger partial charge in [-0.25, -0.2) is 13.9 Å². The molecule has 17 nitrogen and oxygen atoms in total. The second kappa shape index (κ2) is 11.4. The van der Waals surface area contributed by atoms with E-state index in [1.54, 1.807) is 0 Å². The molecule has 1 aromatic rings. The van der Waals surface area contributed by atoms with Gasteiger partial charge in [-0.05, 0) is 27.9 Å². The minimum absolute atomic E-state index is 0.133. The Morgan fingerprint density at radius 3 is 2.41 bits per heavy atom. The highest BCUT2D eigenvalue weighted by atomic mass is 31.3. The zero-order valence-electron chi connectivity index (χ0n) is 20.3. The number of aryl methyl sites for hydroxylation is 1. The molecule has 0 radical (unpaired) electrons. The lowest BCUT2D eigenvalue weighted by molar-refractivity contribution is -0.256. The summed E-state index contributed by atoms with van der Waals surface area (Å²) in [6, 6.07) is -0.960. The summed E-state index contributed by atoms with van der Waals surface area (Å²) in [5, 5.41) is 30.8. The van der Waals surface area contributed by atoms with Gasteiger partial charge < -0.3 is 39.5 Å². The van der Waals surface area contributed by atoms with Crippen molar-refractivity contribution in [3.63, 3.8) is 0 Å². The van der Waals surface area contributed by atoms with Gasteiger partial charge in [-0.15, -0.1) is 0 Å². The third kappa shape index (κ3) is 7.22. The number of nitrogens with zero attached hydrogens (tertiary/aromatic N) is 2. The molecule has 10 atom stereocenters. The average molecular weight is 575 g/mol. The molecule has 0 aromatic carbocycles. The number of rotatable bonds is 9. The van der Waals surface area contributed by atoms with Crippen LogP contribution in [0, 0.1) is 6.92 Å². The molecule has 0 aliphatic carbocycles. The van der Waals surface area contributed by atoms with E-state index in [0.717, 1.165) is 4.57 Å². The van der Waals surface area contributed by atoms with Crippen molar-refractivity contribution in [2.45, 2.75) is 69.3 Å². The van der Waals surface area contributed by atoms with Crippen LogP contribution >= 0.6 is 15.6 Å². The predicted octanol–water partition coefficient (Wildman–Crippen LogP) is -1.86. The highest BCUT2D eigenvalue weighted by Gasteiger charge is 2.49. The summed E-state index contributed by atoms with van der Waals surface area (Å²) in [6.07, 6.45) is -8.02. The van der Waals surface area contributed by atoms with Crippen LogP contribution in [0.3, 0.4) is 0 Å². The summed E-state index contributed by atoms with van der Waals surface area (Å²) in [7, 11) is -7.61. The summed E-state index contributed by atoms with van der Waals surface area (Å²) in [4.78, 5) is 47.0. The van der Waals surface area contributed by atoms with Crippen molar-refractivity contribution in [3.8, 4) is 0 Å². The highest BCUT2D eigenvalue weighted by molar-refractivity contribution is 7.61. The second-order valence-electron chi connectivity index (χ2n) is 8.98. The summed E-state index contributed by atoms with van der Waals surface area (Å²) < 4.78 is 50.1. The molecule has 212 valence electrons. The SMILES string of the molecule is Cc1cn([C@H]2CC(O)[C@@H](COP(=O)(O)OP(=O)(O)O[C@H]3OC(C)[C@@H](O)C(N(C)C)C3O)O2)c(=O)[nH]c1=O. The van der Waals surface area contributed by atoms with Gasteiger partial charge in [-0.1, -0.05) is 0 Å². The van der Waals surface area contributed by atoms with Crippen LogP contribution in [-0.4, -0.2) is 103 Å². The molecular weight excluding hydrogens is 544 g/mol. The molecule has 0 spiro atoms. The molecule has 2 aliphatic rings. The molecule has 0 bridgehead atoms. The number of hydrogen-bond donors (Lipinski definition) is 6. The number of hydrogen-bond acceptors (Lipinski definition) is 13. The van der Waals surface area contributed by atoms with Crippen LogP contribution in [0.25, 0.3) is 0 Å². The molecule has 1 aromatic heterocycles. The van der Waals surface area contributed by atoms with Gasteiger partial charge in [-0.3, -0.25) is 23.4 Å². The van der Waals surface area contributed by atoms with Crippen LogP contribution in [-0.2, 0) is 32.0 Å². The van der Waals surface area contributed by atoms with E-state index in [0.29, 0.717) is 0 Å². The Hall–Kier alpha value is -1.30. The number of nitrogens with one attached hydrogen (secondary N) is 1. The Morgan fingerprint density at radius 2 is 1.78 bits per heavy atom. The van der Waals surface area contributed by atoms with Crippen LogP contribution in [0.2, 0.25) is 0 Å². The zero-order valence-corrected chi connectivity index (χ0v) is 22.1. The minimum Gasteiger partial charge on any atom is -0.390 e. The van der Waals surface area contributed by atoms with Crippen molar-refractivity contribution >= 4 is 15.6 Å². The maximum Gasteiger partial charge on any atom is 0.483 e. The number of phosphoric acid groups is 2. The van der Waals surface area contributed by atoms with Gasteiger partial charge in [0, 0.05) is 18.2 Å². The van der Waals surface area contributed by atoms with Gasteiger partial charge in [0.2, 0.25) is 0 Å². The third-order valence-corrected chi connectivity index (χ3v) is 8.51. The van der Waals surface area contributed by atoms with E-state index in [9.17, 15) is 43.8 Å². The van der Waals surface area contributed by atoms with Gasteiger partial charge in [0.25, 0.3) is 5.56 Å². The standard InChI is InChI=1S/C18H31N3O14P2/c1-8-6-21(18(26)19-16(8)25)12-5-10(22)11(33-12)7-31-36(27,28)35-37(29,30)34-17-15(24)13(20(3)4)14(23)9(2)32-17/h6,9-15,17,22-24H,5,7H2,1-4H3,(H,27,28)(H,29,30)(H,19,25,26)/t9?,10?,11-,12-,13?,14-,15?,17-/m1/s1. The van der Waals surface area contributed by atoms with Crippen molar-refractivity contribution in [2.75, 3.05) is 20.7 Å². The summed E-state index contributed by atoms with van der Waals surface area (Å²) >= 11 is 0. The van der Waals surface area contributed by atoms with Gasteiger partial charge in [0.15, 0.2) is 6.29 Å². The minimum atomic E-state index is -5.38. The normalized spacial score (nSPS) is 35.8. The van der Waals surface area contributed by atoms with E-state index in [1.165, 1.54) is 39.0 Å². The van der Waals surface area contributed by atoms with Crippen molar-refractivity contribution in [1.82, 2.24) is 14.5 Å². The first-order valence-corrected chi connectivity index (χ1v) is 14.0. The van der Waals surface area contributed by atoms with Crippen LogP contribution in [0.4, 0.5) is 0 Å². The summed E-state index contributed by atoms with van der Waals surface area (Å²) in [5.74, 6) is 0. The molecule has 6 N–H and O–H groups in total. The molecular formula is C18H31N3O14P2. The topological polar surface area (TPSA) is 240 Å². The fourth-order valence-electron chi connectivity index (χ4n) is 4.02. The molecule has 3 rings (SSSR count). The number of phosphoric ester groups is 2. The van der Waals surface area contributed by atoms with Gasteiger partial charge in [-0.2, -0.15) is 4.31 Å².